The van der Waals surface area contributed by atoms with Gasteiger partial charge in [0, 0.05) is 0 Å². The van der Waals surface area contributed by atoms with E-state index in [-0.39, 0.29) is 0 Å². The minimum Gasteiger partial charge on any atom is -0.0651 e. The summed E-state index contributed by atoms with van der Waals surface area (Å²) in [5.41, 5.74) is 23.8. The molecule has 0 bridgehead atoms. The molecule has 0 heteroatoms. The highest BCUT2D eigenvalue weighted by molar-refractivity contribution is 6.05. The minimum absolute atomic E-state index is 0.985. The average molecular weight is 653 g/mol. The number of rotatable bonds is 12. The van der Waals surface area contributed by atoms with Crippen LogP contribution in [0, 0.1) is 0 Å². The normalized spacial score (nSPS) is 12.1. The third kappa shape index (κ3) is 6.26. The van der Waals surface area contributed by atoms with Crippen molar-refractivity contribution in [1.82, 2.24) is 0 Å². The largest absolute Gasteiger partial charge is 0.0651 e. The maximum absolute atomic E-state index is 2.38. The van der Waals surface area contributed by atoms with Crippen molar-refractivity contribution in [1.29, 1.82) is 0 Å². The summed E-state index contributed by atoms with van der Waals surface area (Å²) >= 11 is 0. The highest BCUT2D eigenvalue weighted by Gasteiger charge is 2.33. The zero-order valence-electron chi connectivity index (χ0n) is 30.6. The molecule has 6 aromatic rings. The molecule has 1 aliphatic carbocycles. The molecule has 252 valence electrons. The van der Waals surface area contributed by atoms with Crippen LogP contribution in [0.4, 0.5) is 0 Å². The van der Waals surface area contributed by atoms with Gasteiger partial charge in [0.25, 0.3) is 0 Å². The fraction of sp³-hybridized carbons (Fsp3) is 0.280. The van der Waals surface area contributed by atoms with Crippen molar-refractivity contribution >= 4 is 0 Å². The summed E-state index contributed by atoms with van der Waals surface area (Å²) in [7, 11) is 0. The van der Waals surface area contributed by atoms with Crippen molar-refractivity contribution in [3.8, 4) is 44.5 Å². The van der Waals surface area contributed by atoms with Crippen LogP contribution < -0.4 is 0 Å². The van der Waals surface area contributed by atoms with Gasteiger partial charge in [-0.2, -0.15) is 0 Å². The molecule has 0 amide bonds. The van der Waals surface area contributed by atoms with E-state index >= 15 is 0 Å². The zero-order valence-corrected chi connectivity index (χ0v) is 30.6. The van der Waals surface area contributed by atoms with Gasteiger partial charge in [-0.15, -0.1) is 0 Å². The van der Waals surface area contributed by atoms with E-state index in [9.17, 15) is 0 Å². The van der Waals surface area contributed by atoms with E-state index in [4.69, 9.17) is 0 Å². The first-order valence-electron chi connectivity index (χ1n) is 19.3. The highest BCUT2D eigenvalue weighted by Crippen LogP contribution is 2.53. The molecule has 1 aliphatic rings. The van der Waals surface area contributed by atoms with Crippen LogP contribution in [0.5, 0.6) is 0 Å². The van der Waals surface area contributed by atoms with Gasteiger partial charge in [-0.3, -0.25) is 0 Å². The Morgan fingerprint density at radius 1 is 0.300 bits per heavy atom. The first-order chi connectivity index (χ1) is 24.7. The molecule has 0 N–H and O–H groups in total. The zero-order chi connectivity index (χ0) is 34.5. The molecule has 0 heterocycles. The summed E-state index contributed by atoms with van der Waals surface area (Å²) in [6.45, 7) is 9.49. The van der Waals surface area contributed by atoms with Gasteiger partial charge >= 0.3 is 0 Å². The van der Waals surface area contributed by atoms with Gasteiger partial charge in [-0.25, -0.2) is 0 Å². The van der Waals surface area contributed by atoms with Crippen LogP contribution in [-0.4, -0.2) is 0 Å². The lowest BCUT2D eigenvalue weighted by molar-refractivity contribution is 0.774. The maximum atomic E-state index is 2.38. The molecule has 0 aliphatic heterocycles. The molecule has 0 radical (unpaired) electrons. The van der Waals surface area contributed by atoms with Gasteiger partial charge in [0.1, 0.15) is 0 Å². The lowest BCUT2D eigenvalue weighted by Gasteiger charge is -2.35. The quantitative estimate of drug-likeness (QED) is 0.123. The Morgan fingerprint density at radius 3 is 0.840 bits per heavy atom. The Balaban J connectivity index is 1.68. The molecule has 7 rings (SSSR count). The number of benzene rings is 6. The summed E-state index contributed by atoms with van der Waals surface area (Å²) in [5, 5.41) is 0. The third-order valence-electron chi connectivity index (χ3n) is 10.9. The summed E-state index contributed by atoms with van der Waals surface area (Å²) in [5.74, 6) is 0. The Morgan fingerprint density at radius 2 is 0.560 bits per heavy atom. The molecular weight excluding hydrogens is 601 g/mol. The Hall–Kier alpha value is -4.68. The predicted molar refractivity (Wildman–Crippen MR) is 216 cm³/mol. The fourth-order valence-corrected chi connectivity index (χ4v) is 8.96. The minimum atomic E-state index is 0.985. The van der Waals surface area contributed by atoms with Crippen LogP contribution in [0.15, 0.2) is 121 Å². The van der Waals surface area contributed by atoms with Crippen LogP contribution in [0.3, 0.4) is 0 Å². The third-order valence-corrected chi connectivity index (χ3v) is 10.9. The molecule has 0 aromatic heterocycles. The topological polar surface area (TPSA) is 0 Å². The van der Waals surface area contributed by atoms with Gasteiger partial charge in [0.2, 0.25) is 0 Å². The Kier molecular flexibility index (Phi) is 10.5. The molecule has 0 unspecified atom stereocenters. The first-order valence-corrected chi connectivity index (χ1v) is 19.3. The number of fused-ring (bicyclic) bond motifs is 2. The Bertz CT molecular complexity index is 1900. The van der Waals surface area contributed by atoms with Crippen molar-refractivity contribution in [3.05, 3.63) is 166 Å². The fourth-order valence-electron chi connectivity index (χ4n) is 8.96. The molecule has 0 atom stereocenters. The monoisotopic (exact) mass is 652 g/mol. The molecule has 0 nitrogen and oxygen atoms in total. The predicted octanol–water partition coefficient (Wildman–Crippen LogP) is 13.7. The lowest BCUT2D eigenvalue weighted by atomic mass is 9.69. The number of hydrogen-bond donors (Lipinski definition) is 0. The van der Waals surface area contributed by atoms with Gasteiger partial charge < -0.3 is 0 Å². The highest BCUT2D eigenvalue weighted by atomic mass is 14.4. The van der Waals surface area contributed by atoms with Gasteiger partial charge in [-0.1, -0.05) is 175 Å². The molecular formula is C50H52. The second-order valence-electron chi connectivity index (χ2n) is 14.1. The smallest absolute Gasteiger partial charge is 0.00105 e. The van der Waals surface area contributed by atoms with E-state index in [1.165, 1.54) is 94.2 Å². The second-order valence-corrected chi connectivity index (χ2v) is 14.1. The van der Waals surface area contributed by atoms with Crippen molar-refractivity contribution in [2.24, 2.45) is 0 Å². The van der Waals surface area contributed by atoms with Crippen LogP contribution in [0.25, 0.3) is 44.5 Å². The van der Waals surface area contributed by atoms with Crippen LogP contribution in [0.2, 0.25) is 0 Å². The molecule has 0 saturated heterocycles. The molecule has 0 fully saturated rings. The van der Waals surface area contributed by atoms with Crippen molar-refractivity contribution < 1.29 is 0 Å². The van der Waals surface area contributed by atoms with Gasteiger partial charge in [-0.05, 0) is 128 Å². The summed E-state index contributed by atoms with van der Waals surface area (Å²) < 4.78 is 0. The van der Waals surface area contributed by atoms with Gasteiger partial charge in [0.15, 0.2) is 0 Å². The molecule has 0 spiro atoms. The summed E-state index contributed by atoms with van der Waals surface area (Å²) in [6, 6.07) is 45.0. The standard InChI is InChI=1S/C50H52/c1-5-21-39-40(22-6-2)42(24-8-4)44-34-46-45(33-43(44)41(39)23-7-3)47(35-25-13-9-14-26-35)49(37-29-17-11-18-30-37)50(38-31-19-12-20-32-38)48(46)36-27-15-10-16-28-36/h9-20,25-32H,5-8,21-24,33-34H2,1-4H3. The van der Waals surface area contributed by atoms with E-state index in [0.717, 1.165) is 25.7 Å². The maximum Gasteiger partial charge on any atom is -0.00105 e. The van der Waals surface area contributed by atoms with E-state index in [0.29, 0.717) is 0 Å². The summed E-state index contributed by atoms with van der Waals surface area (Å²) in [4.78, 5) is 0. The first kappa shape index (κ1) is 33.8. The Labute approximate surface area is 301 Å². The van der Waals surface area contributed by atoms with Crippen molar-refractivity contribution in [2.45, 2.75) is 91.9 Å². The SMILES string of the molecule is CCCc1c(CCC)c(CCC)c2c(c1CCC)Cc1c(c(-c3ccccc3)c(-c3ccccc3)c(-c3ccccc3)c1-c1ccccc1)C2. The number of hydrogen-bond acceptors (Lipinski definition) is 0. The van der Waals surface area contributed by atoms with E-state index in [2.05, 4.69) is 149 Å². The van der Waals surface area contributed by atoms with Gasteiger partial charge in [0.05, 0.1) is 0 Å². The van der Waals surface area contributed by atoms with Crippen LogP contribution in [-0.2, 0) is 38.5 Å². The van der Waals surface area contributed by atoms with Crippen molar-refractivity contribution in [2.75, 3.05) is 0 Å². The second kappa shape index (κ2) is 15.5. The van der Waals surface area contributed by atoms with Crippen molar-refractivity contribution in [3.63, 3.8) is 0 Å². The lowest BCUT2D eigenvalue weighted by Crippen LogP contribution is -2.20. The average Bonchev–Trinajstić information content (AvgIpc) is 3.17. The van der Waals surface area contributed by atoms with E-state index < -0.39 is 0 Å². The van der Waals surface area contributed by atoms with E-state index in [1.807, 2.05) is 0 Å². The molecule has 0 saturated carbocycles. The van der Waals surface area contributed by atoms with Crippen LogP contribution >= 0.6 is 0 Å². The molecule has 50 heavy (non-hydrogen) atoms. The molecule has 6 aromatic carbocycles. The van der Waals surface area contributed by atoms with E-state index in [1.54, 1.807) is 33.4 Å². The summed E-state index contributed by atoms with van der Waals surface area (Å²) in [6.07, 6.45) is 11.4. The van der Waals surface area contributed by atoms with Crippen LogP contribution in [0.1, 0.15) is 97.9 Å².